The highest BCUT2D eigenvalue weighted by Gasteiger charge is 2.00. The minimum atomic E-state index is 0.306. The first kappa shape index (κ1) is 11.6. The zero-order valence-electron chi connectivity index (χ0n) is 8.65. The summed E-state index contributed by atoms with van der Waals surface area (Å²) < 4.78 is 0. The molecule has 0 radical (unpaired) electrons. The van der Waals surface area contributed by atoms with Crippen molar-refractivity contribution >= 4 is 11.3 Å². The SMILES string of the molecule is CN(CCCCO)CCc1nccs1. The van der Waals surface area contributed by atoms with Crippen LogP contribution in [0, 0.1) is 0 Å². The molecule has 0 spiro atoms. The summed E-state index contributed by atoms with van der Waals surface area (Å²) in [5.74, 6) is 0. The molecule has 80 valence electrons. The second kappa shape index (κ2) is 6.92. The summed E-state index contributed by atoms with van der Waals surface area (Å²) in [7, 11) is 2.12. The maximum atomic E-state index is 8.63. The molecule has 0 saturated heterocycles. The molecule has 1 N–H and O–H groups in total. The third-order valence-corrected chi connectivity index (χ3v) is 2.98. The fourth-order valence-corrected chi connectivity index (χ4v) is 1.88. The second-order valence-corrected chi connectivity index (χ2v) is 4.39. The molecule has 0 aliphatic carbocycles. The Morgan fingerprint density at radius 3 is 2.93 bits per heavy atom. The van der Waals surface area contributed by atoms with Crippen LogP contribution in [0.4, 0.5) is 0 Å². The fourth-order valence-electron chi connectivity index (χ4n) is 1.27. The average Bonchev–Trinajstić information content (AvgIpc) is 2.68. The van der Waals surface area contributed by atoms with Crippen molar-refractivity contribution in [2.75, 3.05) is 26.7 Å². The topological polar surface area (TPSA) is 36.4 Å². The second-order valence-electron chi connectivity index (χ2n) is 3.41. The van der Waals surface area contributed by atoms with Crippen LogP contribution in [-0.4, -0.2) is 41.7 Å². The van der Waals surface area contributed by atoms with E-state index in [1.165, 1.54) is 5.01 Å². The molecule has 0 saturated carbocycles. The van der Waals surface area contributed by atoms with Crippen LogP contribution in [-0.2, 0) is 6.42 Å². The Morgan fingerprint density at radius 1 is 1.43 bits per heavy atom. The van der Waals surface area contributed by atoms with Crippen LogP contribution >= 0.6 is 11.3 Å². The summed E-state index contributed by atoms with van der Waals surface area (Å²) >= 11 is 1.72. The number of hydrogen-bond acceptors (Lipinski definition) is 4. The van der Waals surface area contributed by atoms with Gasteiger partial charge in [0.25, 0.3) is 0 Å². The Morgan fingerprint density at radius 2 is 2.29 bits per heavy atom. The summed E-state index contributed by atoms with van der Waals surface area (Å²) in [4.78, 5) is 6.53. The quantitative estimate of drug-likeness (QED) is 0.697. The number of thiazole rings is 1. The van der Waals surface area contributed by atoms with Gasteiger partial charge in [-0.25, -0.2) is 4.98 Å². The van der Waals surface area contributed by atoms with E-state index in [4.69, 9.17) is 5.11 Å². The van der Waals surface area contributed by atoms with Gasteiger partial charge in [-0.05, 0) is 26.4 Å². The molecular formula is C10H18N2OS. The number of aliphatic hydroxyl groups is 1. The van der Waals surface area contributed by atoms with E-state index in [1.54, 1.807) is 11.3 Å². The molecule has 0 aromatic carbocycles. The first-order chi connectivity index (χ1) is 6.83. The van der Waals surface area contributed by atoms with Crippen LogP contribution in [0.5, 0.6) is 0 Å². The summed E-state index contributed by atoms with van der Waals surface area (Å²) in [6.45, 7) is 2.42. The first-order valence-corrected chi connectivity index (χ1v) is 5.88. The number of hydrogen-bond donors (Lipinski definition) is 1. The molecule has 1 aromatic heterocycles. The van der Waals surface area contributed by atoms with Crippen LogP contribution < -0.4 is 0 Å². The normalized spacial score (nSPS) is 11.1. The van der Waals surface area contributed by atoms with Crippen LogP contribution in [0.2, 0.25) is 0 Å². The lowest BCUT2D eigenvalue weighted by molar-refractivity contribution is 0.264. The van der Waals surface area contributed by atoms with Crippen molar-refractivity contribution in [2.45, 2.75) is 19.3 Å². The fraction of sp³-hybridized carbons (Fsp3) is 0.700. The third kappa shape index (κ3) is 4.69. The van der Waals surface area contributed by atoms with Gasteiger partial charge in [0.1, 0.15) is 0 Å². The molecule has 3 nitrogen and oxygen atoms in total. The summed E-state index contributed by atoms with van der Waals surface area (Å²) in [6, 6.07) is 0. The third-order valence-electron chi connectivity index (χ3n) is 2.14. The van der Waals surface area contributed by atoms with Crippen LogP contribution in [0.15, 0.2) is 11.6 Å². The van der Waals surface area contributed by atoms with E-state index < -0.39 is 0 Å². The van der Waals surface area contributed by atoms with Crippen LogP contribution in [0.1, 0.15) is 17.8 Å². The highest BCUT2D eigenvalue weighted by atomic mass is 32.1. The van der Waals surface area contributed by atoms with E-state index in [0.29, 0.717) is 6.61 Å². The number of unbranched alkanes of at least 4 members (excludes halogenated alkanes) is 1. The van der Waals surface area contributed by atoms with Crippen molar-refractivity contribution in [3.8, 4) is 0 Å². The van der Waals surface area contributed by atoms with Gasteiger partial charge in [-0.15, -0.1) is 11.3 Å². The lowest BCUT2D eigenvalue weighted by atomic mass is 10.3. The van der Waals surface area contributed by atoms with Gasteiger partial charge in [-0.2, -0.15) is 0 Å². The van der Waals surface area contributed by atoms with Gasteiger partial charge in [0.05, 0.1) is 5.01 Å². The first-order valence-electron chi connectivity index (χ1n) is 5.00. The molecule has 0 aliphatic heterocycles. The van der Waals surface area contributed by atoms with Gasteiger partial charge < -0.3 is 10.0 Å². The van der Waals surface area contributed by atoms with E-state index in [0.717, 1.165) is 32.4 Å². The monoisotopic (exact) mass is 214 g/mol. The highest BCUT2D eigenvalue weighted by molar-refractivity contribution is 7.09. The Kier molecular flexibility index (Phi) is 5.75. The molecule has 0 fully saturated rings. The number of rotatable bonds is 7. The molecule has 0 bridgehead atoms. The molecule has 0 atom stereocenters. The van der Waals surface area contributed by atoms with Crippen molar-refractivity contribution in [1.82, 2.24) is 9.88 Å². The Bertz CT molecular complexity index is 226. The predicted molar refractivity (Wildman–Crippen MR) is 59.6 cm³/mol. The largest absolute Gasteiger partial charge is 0.396 e. The Labute approximate surface area is 89.4 Å². The number of nitrogens with zero attached hydrogens (tertiary/aromatic N) is 2. The van der Waals surface area contributed by atoms with Crippen molar-refractivity contribution in [2.24, 2.45) is 0 Å². The van der Waals surface area contributed by atoms with E-state index >= 15 is 0 Å². The maximum absolute atomic E-state index is 8.63. The standard InChI is InChI=1S/C10H18N2OS/c1-12(6-2-3-8-13)7-4-10-11-5-9-14-10/h5,9,13H,2-4,6-8H2,1H3. The highest BCUT2D eigenvalue weighted by Crippen LogP contribution is 2.05. The molecule has 4 heteroatoms. The lowest BCUT2D eigenvalue weighted by Gasteiger charge is -2.14. The summed E-state index contributed by atoms with van der Waals surface area (Å²) in [5.41, 5.74) is 0. The van der Waals surface area contributed by atoms with Gasteiger partial charge in [0, 0.05) is 31.1 Å². The maximum Gasteiger partial charge on any atom is 0.0937 e. The van der Waals surface area contributed by atoms with Gasteiger partial charge in [0.15, 0.2) is 0 Å². The van der Waals surface area contributed by atoms with Crippen molar-refractivity contribution in [3.63, 3.8) is 0 Å². The summed E-state index contributed by atoms with van der Waals surface area (Å²) in [6.07, 6.45) is 4.87. The lowest BCUT2D eigenvalue weighted by Crippen LogP contribution is -2.22. The zero-order chi connectivity index (χ0) is 10.2. The van der Waals surface area contributed by atoms with Crippen molar-refractivity contribution in [3.05, 3.63) is 16.6 Å². The molecule has 14 heavy (non-hydrogen) atoms. The minimum Gasteiger partial charge on any atom is -0.396 e. The van der Waals surface area contributed by atoms with Gasteiger partial charge >= 0.3 is 0 Å². The Hall–Kier alpha value is -0.450. The minimum absolute atomic E-state index is 0.306. The van der Waals surface area contributed by atoms with Crippen LogP contribution in [0.25, 0.3) is 0 Å². The molecule has 0 unspecified atom stereocenters. The Balaban J connectivity index is 2.06. The molecule has 1 aromatic rings. The number of aromatic nitrogens is 1. The van der Waals surface area contributed by atoms with E-state index in [9.17, 15) is 0 Å². The number of likely N-dealkylation sites (N-methyl/N-ethyl adjacent to an activating group) is 1. The van der Waals surface area contributed by atoms with Crippen LogP contribution in [0.3, 0.4) is 0 Å². The van der Waals surface area contributed by atoms with Gasteiger partial charge in [0.2, 0.25) is 0 Å². The van der Waals surface area contributed by atoms with Crippen molar-refractivity contribution in [1.29, 1.82) is 0 Å². The van der Waals surface area contributed by atoms with E-state index in [2.05, 4.69) is 16.9 Å². The smallest absolute Gasteiger partial charge is 0.0937 e. The molecule has 0 amide bonds. The van der Waals surface area contributed by atoms with E-state index in [-0.39, 0.29) is 0 Å². The van der Waals surface area contributed by atoms with Gasteiger partial charge in [-0.1, -0.05) is 0 Å². The van der Waals surface area contributed by atoms with E-state index in [1.807, 2.05) is 11.6 Å². The molecule has 1 rings (SSSR count). The predicted octanol–water partition coefficient (Wildman–Crippen LogP) is 1.39. The molecular weight excluding hydrogens is 196 g/mol. The average molecular weight is 214 g/mol. The zero-order valence-corrected chi connectivity index (χ0v) is 9.46. The van der Waals surface area contributed by atoms with Crippen molar-refractivity contribution < 1.29 is 5.11 Å². The van der Waals surface area contributed by atoms with Gasteiger partial charge in [-0.3, -0.25) is 0 Å². The number of aliphatic hydroxyl groups excluding tert-OH is 1. The summed E-state index contributed by atoms with van der Waals surface area (Å²) in [5, 5.41) is 11.9. The molecule has 1 heterocycles. The molecule has 0 aliphatic rings.